The number of carboxylic acids is 1. The summed E-state index contributed by atoms with van der Waals surface area (Å²) in [6, 6.07) is 17.0. The standard InChI is InChI=1S/C18H18F3N5.C17H16F3N5.C2HF3O2/c1-25-6-3-7-26(9-8-25)17-11-15(23-16(12-22)24-17)13-4-2-5-14(10-13)18(19,20)21;18-17(19,20)13-4-1-3-12(9-13)14-10-16(24-15(11-21)23-14)25-7-2-5-22-6-8-25;3-2(4,5)1(6)7/h2,4-5,10-11H,3,6-9H2,1H3;1,3-4,9-10,22H,2,5-8H2;(H,6,7). The number of aliphatic carboxylic acids is 1. The van der Waals surface area contributed by atoms with Crippen LogP contribution in [0.25, 0.3) is 22.5 Å². The van der Waals surface area contributed by atoms with Crippen LogP contribution in [0.3, 0.4) is 0 Å². The van der Waals surface area contributed by atoms with Crippen molar-refractivity contribution in [2.24, 2.45) is 0 Å². The van der Waals surface area contributed by atoms with Crippen LogP contribution in [0, 0.1) is 22.7 Å². The molecule has 0 saturated carbocycles. The molecule has 308 valence electrons. The fraction of sp³-hybridized carbons (Fsp3) is 0.378. The summed E-state index contributed by atoms with van der Waals surface area (Å²) in [7, 11) is 2.04. The molecule has 2 aromatic carbocycles. The Hall–Kier alpha value is -6.06. The minimum Gasteiger partial charge on any atom is -0.475 e. The second-order valence-corrected chi connectivity index (χ2v) is 12.8. The van der Waals surface area contributed by atoms with Gasteiger partial charge in [0.05, 0.1) is 22.5 Å². The van der Waals surface area contributed by atoms with Gasteiger partial charge in [0.1, 0.15) is 23.8 Å². The Morgan fingerprint density at radius 2 is 1.12 bits per heavy atom. The second-order valence-electron chi connectivity index (χ2n) is 12.8. The molecule has 2 aromatic heterocycles. The quantitative estimate of drug-likeness (QED) is 0.212. The molecule has 58 heavy (non-hydrogen) atoms. The third-order valence-electron chi connectivity index (χ3n) is 8.55. The first-order valence-corrected chi connectivity index (χ1v) is 17.4. The molecule has 2 fully saturated rings. The smallest absolute Gasteiger partial charge is 0.475 e. The van der Waals surface area contributed by atoms with Gasteiger partial charge in [-0.15, -0.1) is 0 Å². The number of carboxylic acid groups (broad SMARTS) is 1. The number of carbonyl (C=O) groups is 1. The van der Waals surface area contributed by atoms with Crippen LogP contribution in [0.1, 0.15) is 35.6 Å². The molecule has 2 saturated heterocycles. The number of aromatic nitrogens is 4. The largest absolute Gasteiger partial charge is 0.490 e. The van der Waals surface area contributed by atoms with Gasteiger partial charge >= 0.3 is 24.5 Å². The summed E-state index contributed by atoms with van der Waals surface area (Å²) in [5.74, 6) is -1.73. The molecule has 0 radical (unpaired) electrons. The van der Waals surface area contributed by atoms with Crippen LogP contribution in [-0.2, 0) is 17.1 Å². The van der Waals surface area contributed by atoms with E-state index in [1.807, 2.05) is 29.0 Å². The van der Waals surface area contributed by atoms with Crippen molar-refractivity contribution in [1.82, 2.24) is 30.2 Å². The number of halogens is 9. The molecule has 12 nitrogen and oxygen atoms in total. The zero-order valence-electron chi connectivity index (χ0n) is 30.6. The number of benzene rings is 2. The highest BCUT2D eigenvalue weighted by Gasteiger charge is 2.38. The lowest BCUT2D eigenvalue weighted by molar-refractivity contribution is -0.192. The predicted molar refractivity (Wildman–Crippen MR) is 192 cm³/mol. The van der Waals surface area contributed by atoms with E-state index in [2.05, 4.69) is 30.2 Å². The van der Waals surface area contributed by atoms with E-state index in [0.717, 1.165) is 82.9 Å². The summed E-state index contributed by atoms with van der Waals surface area (Å²) >= 11 is 0. The number of alkyl halides is 9. The minimum atomic E-state index is -5.08. The number of likely N-dealkylation sites (N-methyl/N-ethyl adjacent to an activating group) is 1. The maximum absolute atomic E-state index is 13.0. The summed E-state index contributed by atoms with van der Waals surface area (Å²) in [5.41, 5.74) is -0.248. The Balaban J connectivity index is 0.000000221. The van der Waals surface area contributed by atoms with Crippen LogP contribution in [0.5, 0.6) is 0 Å². The van der Waals surface area contributed by atoms with Gasteiger partial charge in [-0.3, -0.25) is 0 Å². The SMILES string of the molecule is CN1CCCN(c2cc(-c3cccc(C(F)(F)F)c3)nc(C#N)n2)CC1.N#Cc1nc(-c2cccc(C(F)(F)F)c2)cc(N2CCCNCC2)n1.O=C(O)C(F)(F)F. The summed E-state index contributed by atoms with van der Waals surface area (Å²) < 4.78 is 110. The number of anilines is 2. The summed E-state index contributed by atoms with van der Waals surface area (Å²) in [6.07, 6.45) is -12.1. The predicted octanol–water partition coefficient (Wildman–Crippen LogP) is 6.64. The first kappa shape index (κ1) is 44.7. The molecule has 6 rings (SSSR count). The van der Waals surface area contributed by atoms with Crippen LogP contribution < -0.4 is 15.1 Å². The number of nitrogens with one attached hydrogen (secondary N) is 1. The lowest BCUT2D eigenvalue weighted by atomic mass is 10.1. The summed E-state index contributed by atoms with van der Waals surface area (Å²) in [6.45, 7) is 6.48. The van der Waals surface area contributed by atoms with E-state index >= 15 is 0 Å². The number of hydrogen-bond donors (Lipinski definition) is 2. The molecule has 0 spiro atoms. The molecule has 0 atom stereocenters. The van der Waals surface area contributed by atoms with E-state index < -0.39 is 35.6 Å². The molecular weight excluding hydrogens is 787 g/mol. The third kappa shape index (κ3) is 13.0. The minimum absolute atomic E-state index is 0.0486. The van der Waals surface area contributed by atoms with E-state index in [-0.39, 0.29) is 11.6 Å². The molecule has 2 aliphatic rings. The fourth-order valence-electron chi connectivity index (χ4n) is 5.65. The van der Waals surface area contributed by atoms with Crippen LogP contribution in [0.15, 0.2) is 60.7 Å². The van der Waals surface area contributed by atoms with Crippen molar-refractivity contribution in [3.63, 3.8) is 0 Å². The normalized spacial score (nSPS) is 15.3. The molecule has 0 unspecified atom stereocenters. The van der Waals surface area contributed by atoms with Crippen molar-refractivity contribution in [3.05, 3.63) is 83.4 Å². The van der Waals surface area contributed by atoms with Crippen LogP contribution >= 0.6 is 0 Å². The number of nitrogens with zero attached hydrogens (tertiary/aromatic N) is 9. The molecule has 0 amide bonds. The third-order valence-corrected chi connectivity index (χ3v) is 8.55. The van der Waals surface area contributed by atoms with Crippen molar-refractivity contribution < 1.29 is 49.4 Å². The Bertz CT molecular complexity index is 2110. The monoisotopic (exact) mass is 822 g/mol. The molecule has 21 heteroatoms. The average Bonchev–Trinajstić information content (AvgIpc) is 3.60. The van der Waals surface area contributed by atoms with Gasteiger partial charge < -0.3 is 25.1 Å². The highest BCUT2D eigenvalue weighted by Crippen LogP contribution is 2.34. The molecular formula is C37H35F9N10O2. The zero-order chi connectivity index (χ0) is 42.7. The van der Waals surface area contributed by atoms with Gasteiger partial charge in [-0.1, -0.05) is 24.3 Å². The van der Waals surface area contributed by atoms with Gasteiger partial charge in [-0.05, 0) is 57.2 Å². The van der Waals surface area contributed by atoms with Gasteiger partial charge in [0.15, 0.2) is 0 Å². The first-order valence-electron chi connectivity index (χ1n) is 17.4. The number of hydrogen-bond acceptors (Lipinski definition) is 11. The maximum Gasteiger partial charge on any atom is 0.490 e. The Morgan fingerprint density at radius 3 is 1.57 bits per heavy atom. The topological polar surface area (TPSA) is 158 Å². The number of nitriles is 2. The second kappa shape index (κ2) is 19.4. The van der Waals surface area contributed by atoms with Gasteiger partial charge in [-0.25, -0.2) is 24.7 Å². The van der Waals surface area contributed by atoms with Gasteiger partial charge in [0.25, 0.3) is 0 Å². The molecule has 0 bridgehead atoms. The lowest BCUT2D eigenvalue weighted by Gasteiger charge is -2.22. The van der Waals surface area contributed by atoms with Crippen molar-refractivity contribution in [1.29, 1.82) is 10.5 Å². The fourth-order valence-corrected chi connectivity index (χ4v) is 5.65. The highest BCUT2D eigenvalue weighted by molar-refractivity contribution is 5.73. The van der Waals surface area contributed by atoms with Crippen LogP contribution in [-0.4, -0.2) is 101 Å². The summed E-state index contributed by atoms with van der Waals surface area (Å²) in [4.78, 5) is 31.8. The van der Waals surface area contributed by atoms with Crippen LogP contribution in [0.2, 0.25) is 0 Å². The lowest BCUT2D eigenvalue weighted by Crippen LogP contribution is -2.29. The molecule has 2 aliphatic heterocycles. The molecule has 4 heterocycles. The Morgan fingerprint density at radius 1 is 0.655 bits per heavy atom. The van der Waals surface area contributed by atoms with Gasteiger partial charge in [0.2, 0.25) is 11.6 Å². The number of rotatable bonds is 4. The van der Waals surface area contributed by atoms with Crippen molar-refractivity contribution in [2.75, 3.05) is 69.2 Å². The van der Waals surface area contributed by atoms with E-state index in [4.69, 9.17) is 9.90 Å². The van der Waals surface area contributed by atoms with Gasteiger partial charge in [-0.2, -0.15) is 50.0 Å². The Kier molecular flexibility index (Phi) is 14.9. The van der Waals surface area contributed by atoms with E-state index in [9.17, 15) is 50.0 Å². The van der Waals surface area contributed by atoms with Crippen molar-refractivity contribution >= 4 is 17.6 Å². The molecule has 4 aromatic rings. The van der Waals surface area contributed by atoms with Gasteiger partial charge in [0, 0.05) is 62.5 Å². The van der Waals surface area contributed by atoms with Crippen LogP contribution in [0.4, 0.5) is 51.1 Å². The molecule has 0 aliphatic carbocycles. The van der Waals surface area contributed by atoms with Crippen molar-refractivity contribution in [3.8, 4) is 34.7 Å². The highest BCUT2D eigenvalue weighted by atomic mass is 19.4. The maximum atomic E-state index is 13.0. The molecule has 2 N–H and O–H groups in total. The van der Waals surface area contributed by atoms with E-state index in [0.29, 0.717) is 40.7 Å². The van der Waals surface area contributed by atoms with E-state index in [1.54, 1.807) is 24.3 Å². The first-order chi connectivity index (χ1) is 27.3. The Labute approximate surface area is 326 Å². The van der Waals surface area contributed by atoms with E-state index in [1.165, 1.54) is 12.1 Å². The van der Waals surface area contributed by atoms with Crippen molar-refractivity contribution in [2.45, 2.75) is 31.4 Å². The summed E-state index contributed by atoms with van der Waals surface area (Å²) in [5, 5.41) is 28.8. The zero-order valence-corrected chi connectivity index (χ0v) is 30.6. The average molecular weight is 823 g/mol.